The van der Waals surface area contributed by atoms with Crippen molar-refractivity contribution in [2.24, 2.45) is 0 Å². The van der Waals surface area contributed by atoms with E-state index in [9.17, 15) is 0 Å². The van der Waals surface area contributed by atoms with Crippen molar-refractivity contribution in [1.29, 1.82) is 0 Å². The molecular formula is C74H53NSi2. The molecule has 1 heterocycles. The minimum absolute atomic E-state index is 0.0474. The maximum absolute atomic E-state index is 8.96. The van der Waals surface area contributed by atoms with Crippen LogP contribution >= 0.6 is 0 Å². The molecule has 3 aliphatic rings. The fourth-order valence-electron chi connectivity index (χ4n) is 14.0. The zero-order valence-electron chi connectivity index (χ0n) is 47.2. The highest BCUT2D eigenvalue weighted by molar-refractivity contribution is 7.20. The zero-order chi connectivity index (χ0) is 55.3. The smallest absolute Gasteiger partial charge is 0.179 e. The van der Waals surface area contributed by atoms with Crippen molar-refractivity contribution >= 4 is 79.4 Å². The van der Waals surface area contributed by atoms with Crippen LogP contribution in [0.25, 0.3) is 38.6 Å². The van der Waals surface area contributed by atoms with Crippen LogP contribution in [0.2, 0.25) is 0 Å². The molecule has 3 aliphatic carbocycles. The highest BCUT2D eigenvalue weighted by Gasteiger charge is 2.50. The van der Waals surface area contributed by atoms with Gasteiger partial charge in [0.1, 0.15) is 0 Å². The van der Waals surface area contributed by atoms with Gasteiger partial charge < -0.3 is 4.57 Å². The summed E-state index contributed by atoms with van der Waals surface area (Å²) in [6.07, 6.45) is 0. The van der Waals surface area contributed by atoms with Gasteiger partial charge in [0.25, 0.3) is 0 Å². The molecule has 0 amide bonds. The first-order valence-electron chi connectivity index (χ1n) is 29.2. The van der Waals surface area contributed by atoms with E-state index < -0.39 is 22.2 Å². The monoisotopic (exact) mass is 1020 g/mol. The minimum Gasteiger partial charge on any atom is -0.309 e. The summed E-state index contributed by atoms with van der Waals surface area (Å²) in [5, 5.41) is 12.6. The number of hydrogen-bond donors (Lipinski definition) is 0. The summed E-state index contributed by atoms with van der Waals surface area (Å²) in [7, 11) is -6.28. The number of aromatic nitrogens is 1. The van der Waals surface area contributed by atoms with Crippen LogP contribution in [0.15, 0.2) is 309 Å². The lowest BCUT2D eigenvalue weighted by Gasteiger charge is -2.47. The SMILES string of the molecule is [2H]c1c([2H])c([2H])c(-c2ccc([Si](c3ccccc3)(c3ccccc3)c3cccc4c3C3c5ccccc5C4c4cccc(-n5c6ccccc6c6ccc([Si](c7ccccc7)(c7ccccc7)c7ccccc7)cc65)c43)cc2)c([2H])c1[2H]. The summed E-state index contributed by atoms with van der Waals surface area (Å²) < 4.78 is 46.0. The highest BCUT2D eigenvalue weighted by Crippen LogP contribution is 2.57. The molecule has 1 nitrogen and oxygen atoms in total. The molecule has 77 heavy (non-hydrogen) atoms. The molecule has 2 unspecified atom stereocenters. The Hall–Kier alpha value is -9.13. The molecule has 0 spiro atoms. The Kier molecular flexibility index (Phi) is 9.57. The second kappa shape index (κ2) is 18.3. The van der Waals surface area contributed by atoms with Crippen molar-refractivity contribution in [3.63, 3.8) is 0 Å². The van der Waals surface area contributed by atoms with Gasteiger partial charge in [-0.25, -0.2) is 0 Å². The normalized spacial score (nSPS) is 15.4. The van der Waals surface area contributed by atoms with E-state index in [1.165, 1.54) is 91.7 Å². The molecule has 16 rings (SSSR count). The van der Waals surface area contributed by atoms with Crippen LogP contribution in [0.1, 0.15) is 52.1 Å². The Bertz CT molecular complexity index is 4460. The molecule has 0 fully saturated rings. The standard InChI is InChI=1S/C74H53NSi2/c1-7-25-52(26-8-1)53-45-47-59(48-46-53)77(57-33-15-5-16-34-57,58-35-17-6-18-36-58)70-44-24-41-66-71-63-38-19-20-39-64(63)74(73(66)70)72-65(71)40-23-43-68(72)75-67-42-22-21-37-61(67)62-50-49-60(51-69(62)75)76(54-27-9-2-10-28-54,55-29-11-3-12-30-55)56-31-13-4-14-32-56/h1-51,71,74H/i1D,7D,8D,25D,26D. The Morgan fingerprint density at radius 2 is 0.740 bits per heavy atom. The third-order valence-corrected chi connectivity index (χ3v) is 26.6. The quantitative estimate of drug-likeness (QED) is 0.0950. The van der Waals surface area contributed by atoms with Gasteiger partial charge in [0.2, 0.25) is 0 Å². The van der Waals surface area contributed by atoms with Crippen LogP contribution in [0.3, 0.4) is 0 Å². The van der Waals surface area contributed by atoms with Crippen LogP contribution in [-0.2, 0) is 0 Å². The predicted octanol–water partition coefficient (Wildman–Crippen LogP) is 12.2. The second-order valence-electron chi connectivity index (χ2n) is 20.6. The number of nitrogens with zero attached hydrogens (tertiary/aromatic N) is 1. The van der Waals surface area contributed by atoms with E-state index in [1.54, 1.807) is 0 Å². The van der Waals surface area contributed by atoms with Crippen LogP contribution in [0, 0.1) is 0 Å². The molecule has 2 atom stereocenters. The van der Waals surface area contributed by atoms with E-state index in [0.717, 1.165) is 10.7 Å². The van der Waals surface area contributed by atoms with E-state index in [2.05, 4.69) is 271 Å². The first kappa shape index (κ1) is 40.2. The average Bonchev–Trinajstić information content (AvgIpc) is 2.30. The fourth-order valence-corrected chi connectivity index (χ4v) is 23.7. The topological polar surface area (TPSA) is 4.93 Å². The largest absolute Gasteiger partial charge is 0.309 e. The molecule has 0 radical (unpaired) electrons. The molecule has 0 saturated heterocycles. The van der Waals surface area contributed by atoms with Crippen LogP contribution < -0.4 is 41.5 Å². The molecule has 13 aromatic rings. The lowest BCUT2D eigenvalue weighted by Crippen LogP contribution is -2.75. The Morgan fingerprint density at radius 1 is 0.299 bits per heavy atom. The fraction of sp³-hybridized carbons (Fsp3) is 0.0270. The maximum Gasteiger partial charge on any atom is 0.179 e. The van der Waals surface area contributed by atoms with Crippen molar-refractivity contribution in [3.05, 3.63) is 343 Å². The van der Waals surface area contributed by atoms with E-state index >= 15 is 0 Å². The molecule has 0 N–H and O–H groups in total. The summed E-state index contributed by atoms with van der Waals surface area (Å²) >= 11 is 0. The third kappa shape index (κ3) is 6.77. The first-order chi connectivity index (χ1) is 40.3. The first-order valence-corrected chi connectivity index (χ1v) is 30.7. The van der Waals surface area contributed by atoms with Gasteiger partial charge in [0, 0.05) is 22.6 Å². The molecular weight excluding hydrogens is 959 g/mol. The van der Waals surface area contributed by atoms with Gasteiger partial charge in [-0.05, 0) is 104 Å². The van der Waals surface area contributed by atoms with Gasteiger partial charge in [0.15, 0.2) is 16.1 Å². The van der Waals surface area contributed by atoms with E-state index in [0.29, 0.717) is 5.56 Å². The molecule has 2 bridgehead atoms. The van der Waals surface area contributed by atoms with Gasteiger partial charge >= 0.3 is 0 Å². The summed E-state index contributed by atoms with van der Waals surface area (Å²) in [5.74, 6) is -0.206. The molecule has 0 aliphatic heterocycles. The molecule has 1 aromatic heterocycles. The molecule has 12 aromatic carbocycles. The third-order valence-electron chi connectivity index (χ3n) is 17.0. The Labute approximate surface area is 459 Å². The van der Waals surface area contributed by atoms with Gasteiger partial charge in [-0.1, -0.05) is 291 Å². The summed E-state index contributed by atoms with van der Waals surface area (Å²) in [4.78, 5) is 0. The minimum atomic E-state index is -3.34. The van der Waals surface area contributed by atoms with Gasteiger partial charge in [-0.2, -0.15) is 0 Å². The lowest BCUT2D eigenvalue weighted by molar-refractivity contribution is 0.752. The van der Waals surface area contributed by atoms with Gasteiger partial charge in [-0.3, -0.25) is 0 Å². The molecule has 0 saturated carbocycles. The van der Waals surface area contributed by atoms with Crippen LogP contribution in [-0.4, -0.2) is 20.7 Å². The highest BCUT2D eigenvalue weighted by atomic mass is 28.3. The van der Waals surface area contributed by atoms with Crippen molar-refractivity contribution < 1.29 is 6.85 Å². The van der Waals surface area contributed by atoms with E-state index in [4.69, 9.17) is 6.85 Å². The summed E-state index contributed by atoms with van der Waals surface area (Å²) in [6, 6.07) is 102. The second-order valence-corrected chi connectivity index (χ2v) is 28.2. The zero-order valence-corrected chi connectivity index (χ0v) is 44.2. The van der Waals surface area contributed by atoms with Crippen LogP contribution in [0.5, 0.6) is 0 Å². The van der Waals surface area contributed by atoms with Gasteiger partial charge in [0.05, 0.1) is 23.6 Å². The van der Waals surface area contributed by atoms with E-state index in [-0.39, 0.29) is 41.6 Å². The number of benzene rings is 12. The number of fused-ring (bicyclic) bond motifs is 3. The van der Waals surface area contributed by atoms with Crippen molar-refractivity contribution in [1.82, 2.24) is 4.57 Å². The number of hydrogen-bond acceptors (Lipinski definition) is 0. The van der Waals surface area contributed by atoms with Crippen molar-refractivity contribution in [2.45, 2.75) is 11.8 Å². The average molecular weight is 1020 g/mol. The van der Waals surface area contributed by atoms with Crippen LogP contribution in [0.4, 0.5) is 0 Å². The maximum atomic E-state index is 8.96. The van der Waals surface area contributed by atoms with Crippen molar-refractivity contribution in [3.8, 4) is 16.8 Å². The van der Waals surface area contributed by atoms with E-state index in [1.807, 2.05) is 12.1 Å². The lowest BCUT2D eigenvalue weighted by atomic mass is 9.60. The Balaban J connectivity index is 1.02. The summed E-state index contributed by atoms with van der Waals surface area (Å²) in [6.45, 7) is 0. The molecule has 362 valence electrons. The number of rotatable bonds is 10. The predicted molar refractivity (Wildman–Crippen MR) is 328 cm³/mol. The Morgan fingerprint density at radius 3 is 1.32 bits per heavy atom. The van der Waals surface area contributed by atoms with Crippen molar-refractivity contribution in [2.75, 3.05) is 0 Å². The summed E-state index contributed by atoms with van der Waals surface area (Å²) in [5.41, 5.74) is 12.2. The van der Waals surface area contributed by atoms with Gasteiger partial charge in [-0.15, -0.1) is 0 Å². The molecule has 3 heteroatoms. The number of para-hydroxylation sites is 1.